The van der Waals surface area contributed by atoms with Crippen molar-refractivity contribution in [2.24, 2.45) is 0 Å². The zero-order chi connectivity index (χ0) is 27.8. The van der Waals surface area contributed by atoms with Crippen molar-refractivity contribution in [1.82, 2.24) is 4.98 Å². The Labute approximate surface area is 234 Å². The second-order valence-electron chi connectivity index (χ2n) is 9.11. The first-order chi connectivity index (χ1) is 19.0. The predicted octanol–water partition coefficient (Wildman–Crippen LogP) is 5.83. The fraction of sp³-hybridized carbons (Fsp3) is 0.182. The smallest absolute Gasteiger partial charge is 0.165 e. The van der Waals surface area contributed by atoms with E-state index in [0.29, 0.717) is 4.66 Å². The maximum Gasteiger partial charge on any atom is 0.165 e. The Bertz CT molecular complexity index is 1630. The Morgan fingerprint density at radius 1 is 0.846 bits per heavy atom. The van der Waals surface area contributed by atoms with Gasteiger partial charge in [0.2, 0.25) is 0 Å². The summed E-state index contributed by atoms with van der Waals surface area (Å²) >= 11 is 1.37. The first-order valence-corrected chi connectivity index (χ1v) is 13.7. The van der Waals surface area contributed by atoms with E-state index < -0.39 is 0 Å². The van der Waals surface area contributed by atoms with Crippen LogP contribution in [0.25, 0.3) is 28.5 Å². The van der Waals surface area contributed by atoms with Gasteiger partial charge in [-0.1, -0.05) is 66.7 Å². The molecule has 0 atom stereocenters. The average Bonchev–Trinajstić information content (AvgIpc) is 3.41. The highest BCUT2D eigenvalue weighted by atomic mass is 32.1. The molecule has 0 aliphatic carbocycles. The number of nitrogens with zero attached hydrogens (tertiary/aromatic N) is 5. The molecular weight excluding hydrogens is 498 g/mol. The van der Waals surface area contributed by atoms with Gasteiger partial charge in [0.05, 0.1) is 10.2 Å². The van der Waals surface area contributed by atoms with Crippen molar-refractivity contribution in [2.75, 3.05) is 37.0 Å². The van der Waals surface area contributed by atoms with Crippen LogP contribution in [0.2, 0.25) is 0 Å². The van der Waals surface area contributed by atoms with E-state index in [0.717, 1.165) is 51.3 Å². The van der Waals surface area contributed by atoms with Crippen LogP contribution in [0, 0.1) is 22.7 Å². The van der Waals surface area contributed by atoms with E-state index in [1.807, 2.05) is 56.6 Å². The van der Waals surface area contributed by atoms with Crippen molar-refractivity contribution in [3.63, 3.8) is 0 Å². The van der Waals surface area contributed by atoms with E-state index in [1.165, 1.54) is 17.0 Å². The number of benzene rings is 3. The highest BCUT2D eigenvalue weighted by Crippen LogP contribution is 2.23. The molecule has 0 N–H and O–H groups in total. The van der Waals surface area contributed by atoms with Crippen LogP contribution in [0.5, 0.6) is 0 Å². The van der Waals surface area contributed by atoms with Gasteiger partial charge >= 0.3 is 0 Å². The van der Waals surface area contributed by atoms with Gasteiger partial charge in [0, 0.05) is 49.7 Å². The molecule has 0 fully saturated rings. The van der Waals surface area contributed by atoms with Crippen LogP contribution in [0.3, 0.4) is 0 Å². The maximum absolute atomic E-state index is 9.57. The number of hydrogen-bond donors (Lipinski definition) is 0. The fourth-order valence-electron chi connectivity index (χ4n) is 4.33. The normalized spacial score (nSPS) is 11.5. The van der Waals surface area contributed by atoms with Crippen LogP contribution in [0.4, 0.5) is 11.4 Å². The van der Waals surface area contributed by atoms with Crippen molar-refractivity contribution in [3.05, 3.63) is 105 Å². The minimum Gasteiger partial charge on any atom is -0.378 e. The molecule has 0 radical (unpaired) electrons. The van der Waals surface area contributed by atoms with Crippen LogP contribution in [0.1, 0.15) is 25.0 Å². The molecule has 0 unspecified atom stereocenters. The average molecular weight is 530 g/mol. The molecule has 0 saturated heterocycles. The molecule has 0 bridgehead atoms. The first kappa shape index (κ1) is 27.4. The molecule has 4 rings (SSSR count). The van der Waals surface area contributed by atoms with Gasteiger partial charge in [0.1, 0.15) is 16.8 Å². The third-order valence-corrected chi connectivity index (χ3v) is 7.62. The second-order valence-corrected chi connectivity index (χ2v) is 10.1. The molecule has 0 amide bonds. The Morgan fingerprint density at radius 3 is 2.03 bits per heavy atom. The zero-order valence-corrected chi connectivity index (χ0v) is 23.5. The molecule has 0 aliphatic rings. The molecule has 0 saturated carbocycles. The van der Waals surface area contributed by atoms with Gasteiger partial charge in [0.25, 0.3) is 0 Å². The Kier molecular flexibility index (Phi) is 8.94. The summed E-state index contributed by atoms with van der Waals surface area (Å²) in [7, 11) is 4.04. The minimum atomic E-state index is 0.0155. The van der Waals surface area contributed by atoms with Crippen molar-refractivity contribution < 1.29 is 0 Å². The van der Waals surface area contributed by atoms with Gasteiger partial charge in [-0.05, 0) is 49.2 Å². The third-order valence-electron chi connectivity index (χ3n) is 6.52. The summed E-state index contributed by atoms with van der Waals surface area (Å²) in [6.07, 6.45) is 4.22. The predicted molar refractivity (Wildman–Crippen MR) is 164 cm³/mol. The molecule has 0 spiro atoms. The Balaban J connectivity index is 1.96. The van der Waals surface area contributed by atoms with Crippen LogP contribution in [-0.2, 0) is 0 Å². The lowest BCUT2D eigenvalue weighted by Crippen LogP contribution is -2.21. The van der Waals surface area contributed by atoms with Gasteiger partial charge in [-0.2, -0.15) is 10.5 Å². The summed E-state index contributed by atoms with van der Waals surface area (Å²) in [5, 5.41) is 19.1. The number of anilines is 2. The summed E-state index contributed by atoms with van der Waals surface area (Å²) in [6.45, 7) is 6.25. The van der Waals surface area contributed by atoms with E-state index in [-0.39, 0.29) is 5.57 Å². The van der Waals surface area contributed by atoms with E-state index in [9.17, 15) is 10.5 Å². The summed E-state index contributed by atoms with van der Waals surface area (Å²) in [4.78, 5) is 9.18. The Hall–Kier alpha value is -4.65. The number of rotatable bonds is 8. The van der Waals surface area contributed by atoms with Crippen molar-refractivity contribution in [2.45, 2.75) is 13.8 Å². The standard InChI is InChI=1S/C33H31N5S/c1-5-38(6-2)29-17-12-24(13-18-29)14-21-30(25-15-19-28(20-16-25)37(3)4)32-31(26-10-8-7-9-11-26)36-33(39-32)27(22-34)23-35/h7-21H,5-6H2,1-4H3/b21-14+,32-30-. The second kappa shape index (κ2) is 12.7. The number of hydrogen-bond acceptors (Lipinski definition) is 6. The molecule has 6 heteroatoms. The Morgan fingerprint density at radius 2 is 1.46 bits per heavy atom. The first-order valence-electron chi connectivity index (χ1n) is 12.9. The number of thiazole rings is 1. The topological polar surface area (TPSA) is 67.0 Å². The molecular formula is C33H31N5S. The maximum atomic E-state index is 9.57. The van der Waals surface area contributed by atoms with E-state index in [2.05, 4.69) is 84.3 Å². The minimum absolute atomic E-state index is 0.0155. The molecule has 194 valence electrons. The SMILES string of the molecule is CCN(CC)c1ccc(/C=C/C(c2ccc(N(C)C)cc2)=c2/sc(=C(C#N)C#N)nc2-c2ccccc2)cc1. The highest BCUT2D eigenvalue weighted by molar-refractivity contribution is 7.08. The van der Waals surface area contributed by atoms with Crippen molar-refractivity contribution in [3.8, 4) is 23.4 Å². The van der Waals surface area contributed by atoms with Gasteiger partial charge in [-0.25, -0.2) is 4.98 Å². The lowest BCUT2D eigenvalue weighted by atomic mass is 10.0. The summed E-state index contributed by atoms with van der Waals surface area (Å²) in [6, 6.07) is 30.9. The largest absolute Gasteiger partial charge is 0.378 e. The summed E-state index contributed by atoms with van der Waals surface area (Å²) in [5.74, 6) is 0. The molecule has 3 aromatic carbocycles. The van der Waals surface area contributed by atoms with Gasteiger partial charge in [-0.15, -0.1) is 11.3 Å². The van der Waals surface area contributed by atoms with Gasteiger partial charge < -0.3 is 9.80 Å². The van der Waals surface area contributed by atoms with Gasteiger partial charge in [0.15, 0.2) is 5.57 Å². The fourth-order valence-corrected chi connectivity index (χ4v) is 5.41. The van der Waals surface area contributed by atoms with Crippen LogP contribution in [-0.4, -0.2) is 32.2 Å². The molecule has 1 aromatic heterocycles. The number of aromatic nitrogens is 1. The summed E-state index contributed by atoms with van der Waals surface area (Å²) in [5.41, 5.74) is 7.10. The number of nitriles is 2. The van der Waals surface area contributed by atoms with E-state index in [1.54, 1.807) is 0 Å². The zero-order valence-electron chi connectivity index (χ0n) is 22.7. The van der Waals surface area contributed by atoms with Crippen LogP contribution >= 0.6 is 11.3 Å². The van der Waals surface area contributed by atoms with E-state index in [4.69, 9.17) is 4.98 Å². The molecule has 0 aliphatic heterocycles. The monoisotopic (exact) mass is 529 g/mol. The quantitative estimate of drug-likeness (QED) is 0.287. The highest BCUT2D eigenvalue weighted by Gasteiger charge is 2.13. The molecule has 39 heavy (non-hydrogen) atoms. The molecule has 5 nitrogen and oxygen atoms in total. The van der Waals surface area contributed by atoms with Crippen LogP contribution < -0.4 is 19.0 Å². The lowest BCUT2D eigenvalue weighted by molar-refractivity contribution is 0.866. The lowest BCUT2D eigenvalue weighted by Gasteiger charge is -2.20. The van der Waals surface area contributed by atoms with Gasteiger partial charge in [-0.3, -0.25) is 0 Å². The molecule has 1 heterocycles. The third kappa shape index (κ3) is 6.26. The van der Waals surface area contributed by atoms with Crippen molar-refractivity contribution in [1.29, 1.82) is 10.5 Å². The number of allylic oxidation sites excluding steroid dienone is 1. The summed E-state index contributed by atoms with van der Waals surface area (Å²) < 4.78 is 1.33. The van der Waals surface area contributed by atoms with Crippen molar-refractivity contribution >= 4 is 39.9 Å². The molecule has 4 aromatic rings. The van der Waals surface area contributed by atoms with E-state index >= 15 is 0 Å². The van der Waals surface area contributed by atoms with Crippen LogP contribution in [0.15, 0.2) is 84.9 Å².